The molecule has 106 valence electrons. The van der Waals surface area contributed by atoms with Gasteiger partial charge in [-0.2, -0.15) is 5.10 Å². The molecule has 2 aromatic heterocycles. The van der Waals surface area contributed by atoms with Crippen LogP contribution in [0.5, 0.6) is 0 Å². The van der Waals surface area contributed by atoms with E-state index < -0.39 is 5.91 Å². The van der Waals surface area contributed by atoms with Gasteiger partial charge < -0.3 is 10.3 Å². The lowest BCUT2D eigenvalue weighted by atomic mass is 10.1. The van der Waals surface area contributed by atoms with E-state index in [0.29, 0.717) is 11.4 Å². The van der Waals surface area contributed by atoms with Crippen LogP contribution in [-0.4, -0.2) is 21.1 Å². The molecule has 1 amide bonds. The van der Waals surface area contributed by atoms with Gasteiger partial charge in [0.05, 0.1) is 0 Å². The number of hydrogen-bond donors (Lipinski definition) is 3. The van der Waals surface area contributed by atoms with E-state index in [4.69, 9.17) is 0 Å². The monoisotopic (exact) mass is 274 g/mol. The molecule has 0 aromatic carbocycles. The largest absolute Gasteiger partial charge is 0.326 e. The summed E-state index contributed by atoms with van der Waals surface area (Å²) in [4.78, 5) is 26.6. The summed E-state index contributed by atoms with van der Waals surface area (Å²) < 4.78 is 0. The fraction of sp³-hybridized carbons (Fsp3) is 0.357. The number of nitrogens with one attached hydrogen (secondary N) is 3. The first-order valence-corrected chi connectivity index (χ1v) is 6.45. The molecule has 0 fully saturated rings. The third-order valence-electron chi connectivity index (χ3n) is 3.05. The van der Waals surface area contributed by atoms with Crippen molar-refractivity contribution in [2.45, 2.75) is 33.6 Å². The Kier molecular flexibility index (Phi) is 3.74. The Balaban J connectivity index is 2.26. The second kappa shape index (κ2) is 5.32. The standard InChI is InChI=1S/C14H18N4O2/c1-7(2)10-6-11(18-17-10)16-14(20)12-8(3)5-9(4)15-13(12)19/h5-7H,1-4H3,(H,15,19)(H2,16,17,18,20). The average Bonchev–Trinajstić information content (AvgIpc) is 2.75. The number of hydrogen-bond acceptors (Lipinski definition) is 3. The summed E-state index contributed by atoms with van der Waals surface area (Å²) in [6.07, 6.45) is 0. The molecule has 0 bridgehead atoms. The summed E-state index contributed by atoms with van der Waals surface area (Å²) in [5, 5.41) is 9.49. The van der Waals surface area contributed by atoms with Crippen molar-refractivity contribution in [2.24, 2.45) is 0 Å². The smallest absolute Gasteiger partial charge is 0.262 e. The zero-order valence-electron chi connectivity index (χ0n) is 12.0. The van der Waals surface area contributed by atoms with Crippen LogP contribution in [0.3, 0.4) is 0 Å². The minimum absolute atomic E-state index is 0.115. The van der Waals surface area contributed by atoms with Gasteiger partial charge in [-0.3, -0.25) is 14.7 Å². The Labute approximate surface area is 116 Å². The first-order chi connectivity index (χ1) is 9.38. The van der Waals surface area contributed by atoms with Crippen molar-refractivity contribution in [2.75, 3.05) is 5.32 Å². The number of rotatable bonds is 3. The lowest BCUT2D eigenvalue weighted by Crippen LogP contribution is -2.25. The van der Waals surface area contributed by atoms with Crippen LogP contribution in [0.2, 0.25) is 0 Å². The van der Waals surface area contributed by atoms with Gasteiger partial charge in [-0.15, -0.1) is 0 Å². The number of pyridine rings is 1. The lowest BCUT2D eigenvalue weighted by molar-refractivity contribution is 0.102. The molecule has 0 saturated carbocycles. The molecule has 0 saturated heterocycles. The molecule has 0 atom stereocenters. The second-order valence-electron chi connectivity index (χ2n) is 5.16. The molecule has 0 aliphatic rings. The molecule has 20 heavy (non-hydrogen) atoms. The van der Waals surface area contributed by atoms with Crippen molar-refractivity contribution in [3.05, 3.63) is 45.0 Å². The molecule has 2 aromatic rings. The van der Waals surface area contributed by atoms with Gasteiger partial charge in [0, 0.05) is 17.5 Å². The zero-order chi connectivity index (χ0) is 14.9. The summed E-state index contributed by atoms with van der Waals surface area (Å²) >= 11 is 0. The normalized spacial score (nSPS) is 10.8. The van der Waals surface area contributed by atoms with Crippen LogP contribution >= 0.6 is 0 Å². The molecule has 6 nitrogen and oxygen atoms in total. The predicted octanol–water partition coefficient (Wildman–Crippen LogP) is 2.09. The van der Waals surface area contributed by atoms with Gasteiger partial charge in [0.25, 0.3) is 11.5 Å². The maximum atomic E-state index is 12.2. The highest BCUT2D eigenvalue weighted by molar-refractivity contribution is 6.04. The van der Waals surface area contributed by atoms with Crippen LogP contribution in [0.1, 0.15) is 47.1 Å². The molecule has 0 aliphatic heterocycles. The minimum atomic E-state index is -0.453. The van der Waals surface area contributed by atoms with Crippen LogP contribution in [0, 0.1) is 13.8 Å². The van der Waals surface area contributed by atoms with Crippen LogP contribution in [0.15, 0.2) is 16.9 Å². The summed E-state index contributed by atoms with van der Waals surface area (Å²) in [6.45, 7) is 7.56. The van der Waals surface area contributed by atoms with Gasteiger partial charge in [0.2, 0.25) is 0 Å². The Morgan fingerprint density at radius 3 is 2.55 bits per heavy atom. The van der Waals surface area contributed by atoms with Crippen molar-refractivity contribution in [1.82, 2.24) is 15.2 Å². The fourth-order valence-electron chi connectivity index (χ4n) is 2.01. The highest BCUT2D eigenvalue weighted by atomic mass is 16.2. The van der Waals surface area contributed by atoms with Gasteiger partial charge in [0.1, 0.15) is 5.56 Å². The van der Waals surface area contributed by atoms with E-state index in [1.165, 1.54) is 0 Å². The van der Waals surface area contributed by atoms with Crippen LogP contribution in [0.4, 0.5) is 5.82 Å². The molecule has 0 unspecified atom stereocenters. The molecule has 2 heterocycles. The molecule has 0 radical (unpaired) electrons. The van der Waals surface area contributed by atoms with E-state index in [-0.39, 0.29) is 17.0 Å². The second-order valence-corrected chi connectivity index (χ2v) is 5.16. The van der Waals surface area contributed by atoms with Crippen molar-refractivity contribution >= 4 is 11.7 Å². The topological polar surface area (TPSA) is 90.6 Å². The van der Waals surface area contributed by atoms with Crippen LogP contribution in [0.25, 0.3) is 0 Å². The summed E-state index contributed by atoms with van der Waals surface area (Å²) in [5.41, 5.74) is 2.02. The van der Waals surface area contributed by atoms with E-state index >= 15 is 0 Å². The average molecular weight is 274 g/mol. The van der Waals surface area contributed by atoms with E-state index in [1.54, 1.807) is 26.0 Å². The molecule has 2 rings (SSSR count). The van der Waals surface area contributed by atoms with Gasteiger partial charge in [-0.05, 0) is 31.4 Å². The van der Waals surface area contributed by atoms with Crippen molar-refractivity contribution in [3.63, 3.8) is 0 Å². The molecule has 3 N–H and O–H groups in total. The quantitative estimate of drug-likeness (QED) is 0.800. The minimum Gasteiger partial charge on any atom is -0.326 e. The van der Waals surface area contributed by atoms with E-state index in [1.807, 2.05) is 13.8 Å². The lowest BCUT2D eigenvalue weighted by Gasteiger charge is -2.05. The van der Waals surface area contributed by atoms with Crippen LogP contribution < -0.4 is 10.9 Å². The number of carbonyl (C=O) groups is 1. The van der Waals surface area contributed by atoms with Gasteiger partial charge >= 0.3 is 0 Å². The van der Waals surface area contributed by atoms with Gasteiger partial charge in [-0.1, -0.05) is 13.8 Å². The number of nitrogens with zero attached hydrogens (tertiary/aromatic N) is 1. The van der Waals surface area contributed by atoms with Gasteiger partial charge in [0.15, 0.2) is 5.82 Å². The maximum absolute atomic E-state index is 12.2. The number of aryl methyl sites for hydroxylation is 2. The Hall–Kier alpha value is -2.37. The molecule has 0 spiro atoms. The number of H-pyrrole nitrogens is 2. The van der Waals surface area contributed by atoms with E-state index in [9.17, 15) is 9.59 Å². The molecule has 0 aliphatic carbocycles. The third-order valence-corrected chi connectivity index (χ3v) is 3.05. The first-order valence-electron chi connectivity index (χ1n) is 6.45. The third kappa shape index (κ3) is 2.79. The summed E-state index contributed by atoms with van der Waals surface area (Å²) in [5.74, 6) is 0.251. The van der Waals surface area contributed by atoms with Crippen molar-refractivity contribution < 1.29 is 4.79 Å². The van der Waals surface area contributed by atoms with Crippen molar-refractivity contribution in [3.8, 4) is 0 Å². The number of aromatic nitrogens is 3. The highest BCUT2D eigenvalue weighted by Crippen LogP contribution is 2.15. The molecule has 6 heteroatoms. The SMILES string of the molecule is Cc1cc(C)c(C(=O)Nc2cc(C(C)C)[nH]n2)c(=O)[nH]1. The number of aromatic amines is 2. The summed E-state index contributed by atoms with van der Waals surface area (Å²) in [7, 11) is 0. The zero-order valence-corrected chi connectivity index (χ0v) is 12.0. The first kappa shape index (κ1) is 14.0. The highest BCUT2D eigenvalue weighted by Gasteiger charge is 2.16. The molecular weight excluding hydrogens is 256 g/mol. The van der Waals surface area contributed by atoms with Crippen LogP contribution in [-0.2, 0) is 0 Å². The van der Waals surface area contributed by atoms with Gasteiger partial charge in [-0.25, -0.2) is 0 Å². The fourth-order valence-corrected chi connectivity index (χ4v) is 2.01. The Bertz CT molecular complexity index is 697. The Morgan fingerprint density at radius 2 is 2.00 bits per heavy atom. The number of carbonyl (C=O) groups excluding carboxylic acids is 1. The number of anilines is 1. The van der Waals surface area contributed by atoms with E-state index in [0.717, 1.165) is 11.4 Å². The number of amides is 1. The predicted molar refractivity (Wildman–Crippen MR) is 77.2 cm³/mol. The van der Waals surface area contributed by atoms with E-state index in [2.05, 4.69) is 20.5 Å². The van der Waals surface area contributed by atoms with Crippen molar-refractivity contribution in [1.29, 1.82) is 0 Å². The maximum Gasteiger partial charge on any atom is 0.262 e. The molecular formula is C14H18N4O2. The summed E-state index contributed by atoms with van der Waals surface area (Å²) in [6, 6.07) is 3.53. The Morgan fingerprint density at radius 1 is 1.30 bits per heavy atom.